The lowest BCUT2D eigenvalue weighted by Gasteiger charge is -2.37. The van der Waals surface area contributed by atoms with Crippen molar-refractivity contribution in [2.45, 2.75) is 18.4 Å². The van der Waals surface area contributed by atoms with Crippen LogP contribution in [-0.2, 0) is 14.3 Å². The smallest absolute Gasteiger partial charge is 0.410 e. The van der Waals surface area contributed by atoms with E-state index in [-0.39, 0.29) is 6.54 Å². The molecule has 84 valence electrons. The molecule has 1 atom stereocenters. The molecule has 0 bridgehead atoms. The summed E-state index contributed by atoms with van der Waals surface area (Å²) in [4.78, 5) is 23.1. The van der Waals surface area contributed by atoms with E-state index in [0.717, 1.165) is 0 Å². The van der Waals surface area contributed by atoms with Gasteiger partial charge in [-0.1, -0.05) is 0 Å². The number of ether oxygens (including phenoxy) is 2. The van der Waals surface area contributed by atoms with E-state index in [1.54, 1.807) is 0 Å². The number of amides is 1. The molecular formula is C9H13NO5. The first-order chi connectivity index (χ1) is 7.11. The standard InChI is InChI=1S/C9H13NO5/c11-7(12)5-10-3-1-9(15-8(10)13)2-4-14-6-9/h1-6H2,(H,11,12). The number of carboxylic acid groups (broad SMARTS) is 1. The molecule has 0 saturated carbocycles. The summed E-state index contributed by atoms with van der Waals surface area (Å²) in [6.45, 7) is 1.16. The second-order valence-electron chi connectivity index (χ2n) is 3.92. The maximum Gasteiger partial charge on any atom is 0.410 e. The Hall–Kier alpha value is -1.30. The molecule has 2 rings (SSSR count). The fourth-order valence-corrected chi connectivity index (χ4v) is 1.90. The van der Waals surface area contributed by atoms with Crippen molar-refractivity contribution in [2.75, 3.05) is 26.3 Å². The number of carboxylic acids is 1. The van der Waals surface area contributed by atoms with Crippen molar-refractivity contribution < 1.29 is 24.2 Å². The van der Waals surface area contributed by atoms with Gasteiger partial charge in [-0.3, -0.25) is 9.69 Å². The van der Waals surface area contributed by atoms with E-state index < -0.39 is 17.7 Å². The summed E-state index contributed by atoms with van der Waals surface area (Å²) in [5, 5.41) is 8.57. The molecule has 15 heavy (non-hydrogen) atoms. The van der Waals surface area contributed by atoms with Gasteiger partial charge in [-0.25, -0.2) is 4.79 Å². The summed E-state index contributed by atoms with van der Waals surface area (Å²) < 4.78 is 10.4. The van der Waals surface area contributed by atoms with Gasteiger partial charge in [-0.15, -0.1) is 0 Å². The van der Waals surface area contributed by atoms with Gasteiger partial charge in [0.2, 0.25) is 0 Å². The van der Waals surface area contributed by atoms with Gasteiger partial charge in [-0.2, -0.15) is 0 Å². The third-order valence-electron chi connectivity index (χ3n) is 2.79. The third kappa shape index (κ3) is 2.04. The van der Waals surface area contributed by atoms with E-state index in [9.17, 15) is 9.59 Å². The second kappa shape index (κ2) is 3.69. The van der Waals surface area contributed by atoms with Gasteiger partial charge < -0.3 is 14.6 Å². The van der Waals surface area contributed by atoms with Gasteiger partial charge in [0.15, 0.2) is 0 Å². The average molecular weight is 215 g/mol. The van der Waals surface area contributed by atoms with E-state index in [0.29, 0.717) is 32.6 Å². The van der Waals surface area contributed by atoms with E-state index in [1.165, 1.54) is 4.90 Å². The predicted octanol–water partition coefficient (Wildman–Crippen LogP) is 0.0724. The minimum absolute atomic E-state index is 0.296. The molecule has 1 unspecified atom stereocenters. The Labute approximate surface area is 86.8 Å². The third-order valence-corrected chi connectivity index (χ3v) is 2.79. The molecule has 2 saturated heterocycles. The van der Waals surface area contributed by atoms with Crippen molar-refractivity contribution in [3.63, 3.8) is 0 Å². The van der Waals surface area contributed by atoms with Crippen LogP contribution in [0.5, 0.6) is 0 Å². The maximum atomic E-state index is 11.5. The fourth-order valence-electron chi connectivity index (χ4n) is 1.90. The Morgan fingerprint density at radius 2 is 2.33 bits per heavy atom. The van der Waals surface area contributed by atoms with Crippen molar-refractivity contribution in [1.82, 2.24) is 4.90 Å². The van der Waals surface area contributed by atoms with Gasteiger partial charge in [0, 0.05) is 19.4 Å². The summed E-state index contributed by atoms with van der Waals surface area (Å²) in [5.41, 5.74) is -0.494. The SMILES string of the molecule is O=C(O)CN1CCC2(CCOC2)OC1=O. The van der Waals surface area contributed by atoms with Crippen LogP contribution in [0.1, 0.15) is 12.8 Å². The molecule has 6 heteroatoms. The number of rotatable bonds is 2. The molecule has 0 aromatic rings. The normalized spacial score (nSPS) is 30.7. The van der Waals surface area contributed by atoms with Crippen LogP contribution in [0.3, 0.4) is 0 Å². The summed E-state index contributed by atoms with van der Waals surface area (Å²) in [5.74, 6) is -1.02. The minimum atomic E-state index is -1.02. The van der Waals surface area contributed by atoms with Crippen molar-refractivity contribution in [3.05, 3.63) is 0 Å². The quantitative estimate of drug-likeness (QED) is 0.705. The molecule has 0 aliphatic carbocycles. The zero-order valence-electron chi connectivity index (χ0n) is 8.27. The van der Waals surface area contributed by atoms with E-state index in [2.05, 4.69) is 0 Å². The van der Waals surface area contributed by atoms with Crippen LogP contribution in [0.4, 0.5) is 4.79 Å². The largest absolute Gasteiger partial charge is 0.480 e. The first-order valence-corrected chi connectivity index (χ1v) is 4.89. The van der Waals surface area contributed by atoms with Gasteiger partial charge in [0.1, 0.15) is 12.1 Å². The van der Waals surface area contributed by atoms with Crippen molar-refractivity contribution in [2.24, 2.45) is 0 Å². The average Bonchev–Trinajstić information content (AvgIpc) is 2.59. The van der Waals surface area contributed by atoms with Crippen molar-refractivity contribution in [3.8, 4) is 0 Å². The monoisotopic (exact) mass is 215 g/mol. The topological polar surface area (TPSA) is 76.1 Å². The number of hydrogen-bond acceptors (Lipinski definition) is 4. The number of aliphatic carboxylic acids is 1. The Morgan fingerprint density at radius 1 is 1.53 bits per heavy atom. The Balaban J connectivity index is 1.96. The highest BCUT2D eigenvalue weighted by atomic mass is 16.6. The van der Waals surface area contributed by atoms with Crippen LogP contribution in [-0.4, -0.2) is 54.0 Å². The van der Waals surface area contributed by atoms with Crippen LogP contribution >= 0.6 is 0 Å². The summed E-state index contributed by atoms with van der Waals surface area (Å²) in [7, 11) is 0. The second-order valence-corrected chi connectivity index (χ2v) is 3.92. The van der Waals surface area contributed by atoms with Crippen LogP contribution < -0.4 is 0 Å². The zero-order chi connectivity index (χ0) is 10.9. The first kappa shape index (κ1) is 10.2. The lowest BCUT2D eigenvalue weighted by molar-refractivity contribution is -0.139. The Kier molecular flexibility index (Phi) is 2.52. The molecule has 1 spiro atoms. The molecule has 1 N–H and O–H groups in total. The van der Waals surface area contributed by atoms with Crippen molar-refractivity contribution in [1.29, 1.82) is 0 Å². The highest BCUT2D eigenvalue weighted by Crippen LogP contribution is 2.31. The molecule has 2 heterocycles. The first-order valence-electron chi connectivity index (χ1n) is 4.89. The predicted molar refractivity (Wildman–Crippen MR) is 48.5 cm³/mol. The van der Waals surface area contributed by atoms with Gasteiger partial charge >= 0.3 is 12.1 Å². The fraction of sp³-hybridized carbons (Fsp3) is 0.778. The number of nitrogens with zero attached hydrogens (tertiary/aromatic N) is 1. The molecule has 0 aromatic carbocycles. The lowest BCUT2D eigenvalue weighted by atomic mass is 9.97. The van der Waals surface area contributed by atoms with Crippen LogP contribution in [0.25, 0.3) is 0 Å². The maximum absolute atomic E-state index is 11.5. The number of hydrogen-bond donors (Lipinski definition) is 1. The molecule has 2 fully saturated rings. The highest BCUT2D eigenvalue weighted by Gasteiger charge is 2.43. The van der Waals surface area contributed by atoms with E-state index >= 15 is 0 Å². The summed E-state index contributed by atoms with van der Waals surface area (Å²) >= 11 is 0. The van der Waals surface area contributed by atoms with Crippen LogP contribution in [0.15, 0.2) is 0 Å². The zero-order valence-corrected chi connectivity index (χ0v) is 8.27. The summed E-state index contributed by atoms with van der Waals surface area (Å²) in [6, 6.07) is 0. The minimum Gasteiger partial charge on any atom is -0.480 e. The Bertz CT molecular complexity index is 284. The Morgan fingerprint density at radius 3 is 2.87 bits per heavy atom. The lowest BCUT2D eigenvalue weighted by Crippen LogP contribution is -2.51. The van der Waals surface area contributed by atoms with Crippen LogP contribution in [0.2, 0.25) is 0 Å². The van der Waals surface area contributed by atoms with Gasteiger partial charge in [0.05, 0.1) is 13.2 Å². The molecule has 6 nitrogen and oxygen atoms in total. The van der Waals surface area contributed by atoms with Crippen LogP contribution in [0, 0.1) is 0 Å². The molecule has 1 amide bonds. The van der Waals surface area contributed by atoms with Gasteiger partial charge in [0.25, 0.3) is 0 Å². The highest BCUT2D eigenvalue weighted by molar-refractivity contribution is 5.77. The van der Waals surface area contributed by atoms with Crippen molar-refractivity contribution >= 4 is 12.1 Å². The molecule has 0 radical (unpaired) electrons. The molecule has 2 aliphatic heterocycles. The molecular weight excluding hydrogens is 202 g/mol. The molecule has 0 aromatic heterocycles. The van der Waals surface area contributed by atoms with Gasteiger partial charge in [-0.05, 0) is 0 Å². The molecule has 2 aliphatic rings. The summed E-state index contributed by atoms with van der Waals surface area (Å²) in [6.07, 6.45) is 0.806. The van der Waals surface area contributed by atoms with E-state index in [1.807, 2.05) is 0 Å². The number of carbonyl (C=O) groups is 2. The number of carbonyl (C=O) groups excluding carboxylic acids is 1. The van der Waals surface area contributed by atoms with E-state index in [4.69, 9.17) is 14.6 Å².